The topological polar surface area (TPSA) is 98.5 Å². The van der Waals surface area contributed by atoms with Crippen molar-refractivity contribution < 1.29 is 17.9 Å². The lowest BCUT2D eigenvalue weighted by Gasteiger charge is -2.03. The van der Waals surface area contributed by atoms with Crippen molar-refractivity contribution in [3.63, 3.8) is 0 Å². The van der Waals surface area contributed by atoms with Crippen molar-refractivity contribution >= 4 is 33.2 Å². The fourth-order valence-electron chi connectivity index (χ4n) is 0.446. The summed E-state index contributed by atoms with van der Waals surface area (Å²) in [7, 11) is -2.58. The van der Waals surface area contributed by atoms with Gasteiger partial charge >= 0.3 is 5.97 Å². The van der Waals surface area contributed by atoms with Crippen LogP contribution in [-0.2, 0) is 19.6 Å². The Hall–Kier alpha value is -0.730. The molecular formula is C5H10N2O4S2. The van der Waals surface area contributed by atoms with Crippen molar-refractivity contribution in [3.05, 3.63) is 0 Å². The molecule has 0 aliphatic carbocycles. The lowest BCUT2D eigenvalue weighted by atomic mass is 10.7. The predicted molar refractivity (Wildman–Crippen MR) is 50.6 cm³/mol. The second-order valence-electron chi connectivity index (χ2n) is 2.12. The van der Waals surface area contributed by atoms with Gasteiger partial charge in [0.15, 0.2) is 5.75 Å². The number of carbonyl (C=O) groups is 1. The summed E-state index contributed by atoms with van der Waals surface area (Å²) < 4.78 is 28.2. The number of rotatable bonds is 5. The molecule has 0 aliphatic rings. The van der Waals surface area contributed by atoms with Crippen LogP contribution in [0.15, 0.2) is 0 Å². The van der Waals surface area contributed by atoms with E-state index in [1.807, 2.05) is 4.72 Å². The minimum Gasteiger partial charge on any atom is -0.468 e. The normalized spacial score (nSPS) is 10.8. The number of hydrogen-bond acceptors (Lipinski definition) is 5. The molecule has 13 heavy (non-hydrogen) atoms. The molecule has 3 N–H and O–H groups in total. The molecular weight excluding hydrogens is 216 g/mol. The van der Waals surface area contributed by atoms with Gasteiger partial charge < -0.3 is 10.5 Å². The molecule has 8 heteroatoms. The number of ether oxygens (including phenoxy) is 1. The second kappa shape index (κ2) is 5.10. The van der Waals surface area contributed by atoms with Crippen LogP contribution in [0.2, 0.25) is 0 Å². The highest BCUT2D eigenvalue weighted by Crippen LogP contribution is 1.85. The molecule has 0 unspecified atom stereocenters. The van der Waals surface area contributed by atoms with E-state index in [1.54, 1.807) is 0 Å². The van der Waals surface area contributed by atoms with Crippen LogP contribution in [0, 0.1) is 0 Å². The summed E-state index contributed by atoms with van der Waals surface area (Å²) in [4.78, 5) is 10.6. The summed E-state index contributed by atoms with van der Waals surface area (Å²) >= 11 is 4.44. The van der Waals surface area contributed by atoms with Crippen LogP contribution in [-0.4, -0.2) is 38.8 Å². The zero-order valence-corrected chi connectivity index (χ0v) is 8.57. The van der Waals surface area contributed by atoms with Crippen molar-refractivity contribution in [3.8, 4) is 0 Å². The molecule has 0 spiro atoms. The molecule has 0 amide bonds. The van der Waals surface area contributed by atoms with Crippen LogP contribution in [0.3, 0.4) is 0 Å². The van der Waals surface area contributed by atoms with E-state index in [1.165, 1.54) is 0 Å². The summed E-state index contributed by atoms with van der Waals surface area (Å²) in [6.45, 7) is -0.158. The van der Waals surface area contributed by atoms with Gasteiger partial charge in [-0.1, -0.05) is 12.2 Å². The van der Waals surface area contributed by atoms with E-state index in [0.29, 0.717) is 0 Å². The Kier molecular flexibility index (Phi) is 4.81. The zero-order chi connectivity index (χ0) is 10.5. The number of nitrogens with one attached hydrogen (secondary N) is 1. The molecule has 0 aromatic carbocycles. The number of methoxy groups -OCH3 is 1. The predicted octanol–water partition coefficient (Wildman–Crippen LogP) is -1.64. The van der Waals surface area contributed by atoms with Gasteiger partial charge in [-0.25, -0.2) is 13.1 Å². The SMILES string of the molecule is COC(=O)CS(=O)(=O)NCC(N)=S. The van der Waals surface area contributed by atoms with Crippen LogP contribution in [0.4, 0.5) is 0 Å². The molecule has 0 saturated carbocycles. The molecule has 0 fully saturated rings. The summed E-state index contributed by atoms with van der Waals surface area (Å²) in [5, 5.41) is 0. The van der Waals surface area contributed by atoms with Gasteiger partial charge in [-0.05, 0) is 0 Å². The Labute approximate surface area is 81.5 Å². The number of esters is 1. The third-order valence-corrected chi connectivity index (χ3v) is 2.35. The van der Waals surface area contributed by atoms with Crippen LogP contribution >= 0.6 is 12.2 Å². The summed E-state index contributed by atoms with van der Waals surface area (Å²) in [5.41, 5.74) is 5.05. The van der Waals surface area contributed by atoms with E-state index in [9.17, 15) is 13.2 Å². The van der Waals surface area contributed by atoms with Crippen molar-refractivity contribution in [2.24, 2.45) is 5.73 Å². The molecule has 0 atom stereocenters. The Morgan fingerprint density at radius 2 is 2.15 bits per heavy atom. The number of sulfonamides is 1. The van der Waals surface area contributed by atoms with Crippen LogP contribution in [0.5, 0.6) is 0 Å². The van der Waals surface area contributed by atoms with Crippen molar-refractivity contribution in [2.75, 3.05) is 19.4 Å². The number of carbonyl (C=O) groups excluding carboxylic acids is 1. The zero-order valence-electron chi connectivity index (χ0n) is 6.94. The van der Waals surface area contributed by atoms with E-state index in [0.717, 1.165) is 7.11 Å². The third-order valence-electron chi connectivity index (χ3n) is 1.00. The Morgan fingerprint density at radius 3 is 2.54 bits per heavy atom. The van der Waals surface area contributed by atoms with Gasteiger partial charge in [0.2, 0.25) is 10.0 Å². The summed E-state index contributed by atoms with van der Waals surface area (Å²) in [6.07, 6.45) is 0. The quantitative estimate of drug-likeness (QED) is 0.431. The molecule has 0 bridgehead atoms. The molecule has 0 aromatic heterocycles. The highest BCUT2D eigenvalue weighted by molar-refractivity contribution is 7.90. The Bertz CT molecular complexity index is 298. The monoisotopic (exact) mass is 226 g/mol. The largest absolute Gasteiger partial charge is 0.468 e. The second-order valence-corrected chi connectivity index (χ2v) is 4.45. The average molecular weight is 226 g/mol. The minimum atomic E-state index is -3.68. The molecule has 76 valence electrons. The average Bonchev–Trinajstić information content (AvgIpc) is 2.00. The van der Waals surface area contributed by atoms with Crippen molar-refractivity contribution in [1.29, 1.82) is 0 Å². The maximum absolute atomic E-state index is 11.0. The number of hydrogen-bond donors (Lipinski definition) is 2. The first-order valence-electron chi connectivity index (χ1n) is 3.20. The number of nitrogens with two attached hydrogens (primary N) is 1. The molecule has 0 radical (unpaired) electrons. The van der Waals surface area contributed by atoms with Crippen LogP contribution in [0.25, 0.3) is 0 Å². The van der Waals surface area contributed by atoms with E-state index in [4.69, 9.17) is 5.73 Å². The molecule has 0 aliphatic heterocycles. The van der Waals surface area contributed by atoms with Gasteiger partial charge in [0.25, 0.3) is 0 Å². The Morgan fingerprint density at radius 1 is 1.62 bits per heavy atom. The fraction of sp³-hybridized carbons (Fsp3) is 0.600. The van der Waals surface area contributed by atoms with E-state index in [2.05, 4.69) is 17.0 Å². The van der Waals surface area contributed by atoms with E-state index in [-0.39, 0.29) is 11.5 Å². The van der Waals surface area contributed by atoms with Crippen LogP contribution < -0.4 is 10.5 Å². The highest BCUT2D eigenvalue weighted by atomic mass is 32.2. The lowest BCUT2D eigenvalue weighted by Crippen LogP contribution is -2.36. The smallest absolute Gasteiger partial charge is 0.322 e. The summed E-state index contributed by atoms with van der Waals surface area (Å²) in [6, 6.07) is 0. The van der Waals surface area contributed by atoms with Crippen LogP contribution in [0.1, 0.15) is 0 Å². The molecule has 0 aromatic rings. The first-order chi connectivity index (χ1) is 5.87. The highest BCUT2D eigenvalue weighted by Gasteiger charge is 2.16. The lowest BCUT2D eigenvalue weighted by molar-refractivity contribution is -0.137. The van der Waals surface area contributed by atoms with Gasteiger partial charge in [0.1, 0.15) is 0 Å². The van der Waals surface area contributed by atoms with E-state index >= 15 is 0 Å². The Balaban J connectivity index is 4.10. The number of thiocarbonyl (C=S) groups is 1. The summed E-state index contributed by atoms with van der Waals surface area (Å²) in [5.74, 6) is -1.57. The maximum atomic E-state index is 11.0. The fourth-order valence-corrected chi connectivity index (χ4v) is 1.52. The van der Waals surface area contributed by atoms with Crippen molar-refractivity contribution in [1.82, 2.24) is 4.72 Å². The first-order valence-corrected chi connectivity index (χ1v) is 5.26. The standard InChI is InChI=1S/C5H10N2O4S2/c1-11-5(8)3-13(9,10)7-2-4(6)12/h7H,2-3H2,1H3,(H2,6,12). The van der Waals surface area contributed by atoms with Gasteiger partial charge in [-0.3, -0.25) is 4.79 Å². The molecule has 6 nitrogen and oxygen atoms in total. The van der Waals surface area contributed by atoms with Gasteiger partial charge in [0.05, 0.1) is 18.6 Å². The van der Waals surface area contributed by atoms with Crippen molar-refractivity contribution in [2.45, 2.75) is 0 Å². The van der Waals surface area contributed by atoms with Gasteiger partial charge in [-0.2, -0.15) is 0 Å². The molecule has 0 saturated heterocycles. The third kappa shape index (κ3) is 6.43. The van der Waals surface area contributed by atoms with E-state index < -0.39 is 21.7 Å². The molecule has 0 rings (SSSR count). The molecule has 0 heterocycles. The minimum absolute atomic E-state index is 0.00782. The van der Waals surface area contributed by atoms with Gasteiger partial charge in [0, 0.05) is 0 Å². The first kappa shape index (κ1) is 12.3. The maximum Gasteiger partial charge on any atom is 0.322 e. The van der Waals surface area contributed by atoms with Gasteiger partial charge in [-0.15, -0.1) is 0 Å².